The lowest BCUT2D eigenvalue weighted by Crippen LogP contribution is -2.26. The SMILES string of the molecule is CC(C)Cn1c(=O)c2ccccc2n2c(CCC(=O)NCCCOC(C)C)nnc12. The third-order valence-corrected chi connectivity index (χ3v) is 4.79. The molecule has 0 saturated heterocycles. The third-order valence-electron chi connectivity index (χ3n) is 4.79. The number of nitrogens with one attached hydrogen (secondary N) is 1. The molecule has 1 aromatic carbocycles. The first-order valence-corrected chi connectivity index (χ1v) is 10.6. The summed E-state index contributed by atoms with van der Waals surface area (Å²) in [4.78, 5) is 25.2. The molecule has 30 heavy (non-hydrogen) atoms. The molecule has 1 N–H and O–H groups in total. The van der Waals surface area contributed by atoms with Gasteiger partial charge in [0.05, 0.1) is 17.0 Å². The van der Waals surface area contributed by atoms with Crippen molar-refractivity contribution in [2.75, 3.05) is 13.2 Å². The maximum Gasteiger partial charge on any atom is 0.262 e. The van der Waals surface area contributed by atoms with Crippen molar-refractivity contribution in [3.63, 3.8) is 0 Å². The predicted molar refractivity (Wildman–Crippen MR) is 117 cm³/mol. The number of carbonyl (C=O) groups excluding carboxylic acids is 1. The number of rotatable bonds is 10. The molecule has 0 aliphatic rings. The predicted octanol–water partition coefficient (Wildman–Crippen LogP) is 2.56. The molecule has 0 aliphatic carbocycles. The van der Waals surface area contributed by atoms with Crippen molar-refractivity contribution >= 4 is 22.6 Å². The van der Waals surface area contributed by atoms with E-state index >= 15 is 0 Å². The Bertz CT molecular complexity index is 1070. The van der Waals surface area contributed by atoms with Crippen molar-refractivity contribution in [1.82, 2.24) is 24.5 Å². The zero-order valence-electron chi connectivity index (χ0n) is 18.2. The summed E-state index contributed by atoms with van der Waals surface area (Å²) in [6, 6.07) is 7.47. The van der Waals surface area contributed by atoms with Crippen LogP contribution in [0.25, 0.3) is 16.7 Å². The van der Waals surface area contributed by atoms with E-state index in [0.717, 1.165) is 11.9 Å². The number of hydrogen-bond donors (Lipinski definition) is 1. The molecule has 0 aliphatic heterocycles. The van der Waals surface area contributed by atoms with Crippen LogP contribution in [0, 0.1) is 5.92 Å². The van der Waals surface area contributed by atoms with E-state index < -0.39 is 0 Å². The normalized spacial score (nSPS) is 11.8. The third kappa shape index (κ3) is 5.05. The van der Waals surface area contributed by atoms with Gasteiger partial charge in [0.2, 0.25) is 11.7 Å². The summed E-state index contributed by atoms with van der Waals surface area (Å²) in [5.41, 5.74) is 0.704. The molecule has 8 nitrogen and oxygen atoms in total. The van der Waals surface area contributed by atoms with E-state index in [4.69, 9.17) is 4.74 Å². The number of fused-ring (bicyclic) bond motifs is 3. The standard InChI is InChI=1S/C22H31N5O3/c1-15(2)14-26-21(29)17-8-5-6-9-18(17)27-19(24-25-22(26)27)10-11-20(28)23-12-7-13-30-16(3)4/h5-6,8-9,15-16H,7,10-14H2,1-4H3,(H,23,28). The van der Waals surface area contributed by atoms with Gasteiger partial charge >= 0.3 is 0 Å². The number of amides is 1. The molecule has 2 heterocycles. The summed E-state index contributed by atoms with van der Waals surface area (Å²) < 4.78 is 9.06. The molecule has 0 radical (unpaired) electrons. The van der Waals surface area contributed by atoms with E-state index in [-0.39, 0.29) is 17.6 Å². The van der Waals surface area contributed by atoms with Crippen LogP contribution in [0.5, 0.6) is 0 Å². The monoisotopic (exact) mass is 413 g/mol. The minimum absolute atomic E-state index is 0.0314. The topological polar surface area (TPSA) is 90.5 Å². The van der Waals surface area contributed by atoms with Gasteiger partial charge in [-0.15, -0.1) is 10.2 Å². The first-order chi connectivity index (χ1) is 14.4. The maximum atomic E-state index is 13.0. The molecule has 1 amide bonds. The lowest BCUT2D eigenvalue weighted by atomic mass is 10.2. The van der Waals surface area contributed by atoms with Gasteiger partial charge in [-0.2, -0.15) is 0 Å². The Morgan fingerprint density at radius 2 is 1.93 bits per heavy atom. The van der Waals surface area contributed by atoms with E-state index in [1.807, 2.05) is 42.5 Å². The van der Waals surface area contributed by atoms with Gasteiger partial charge in [-0.1, -0.05) is 26.0 Å². The second-order valence-corrected chi connectivity index (χ2v) is 8.20. The van der Waals surface area contributed by atoms with Crippen LogP contribution in [-0.4, -0.2) is 44.3 Å². The Hall–Kier alpha value is -2.74. The molecule has 3 rings (SSSR count). The fourth-order valence-corrected chi connectivity index (χ4v) is 3.44. The molecule has 0 fully saturated rings. The van der Waals surface area contributed by atoms with Crippen LogP contribution in [0.3, 0.4) is 0 Å². The number of hydrogen-bond acceptors (Lipinski definition) is 5. The van der Waals surface area contributed by atoms with Crippen molar-refractivity contribution in [3.8, 4) is 0 Å². The van der Waals surface area contributed by atoms with E-state index in [2.05, 4.69) is 29.4 Å². The fourth-order valence-electron chi connectivity index (χ4n) is 3.44. The number of benzene rings is 1. The second-order valence-electron chi connectivity index (χ2n) is 8.20. The Kier molecular flexibility index (Phi) is 7.20. The minimum atomic E-state index is -0.0629. The van der Waals surface area contributed by atoms with Gasteiger partial charge < -0.3 is 10.1 Å². The summed E-state index contributed by atoms with van der Waals surface area (Å²) in [7, 11) is 0. The molecule has 162 valence electrons. The van der Waals surface area contributed by atoms with E-state index in [9.17, 15) is 9.59 Å². The number of nitrogens with zero attached hydrogens (tertiary/aromatic N) is 4. The van der Waals surface area contributed by atoms with Crippen LogP contribution in [0.15, 0.2) is 29.1 Å². The second kappa shape index (κ2) is 9.84. The maximum absolute atomic E-state index is 13.0. The van der Waals surface area contributed by atoms with Crippen molar-refractivity contribution in [1.29, 1.82) is 0 Å². The molecule has 2 aromatic heterocycles. The molecular formula is C22H31N5O3. The van der Waals surface area contributed by atoms with E-state index in [1.54, 1.807) is 4.57 Å². The average molecular weight is 414 g/mol. The fraction of sp³-hybridized carbons (Fsp3) is 0.545. The van der Waals surface area contributed by atoms with Gasteiger partial charge in [0.15, 0.2) is 0 Å². The van der Waals surface area contributed by atoms with E-state index in [0.29, 0.717) is 55.4 Å². The number of aromatic nitrogens is 4. The Balaban J connectivity index is 1.78. The molecule has 3 aromatic rings. The van der Waals surface area contributed by atoms with Gasteiger partial charge in [0.1, 0.15) is 5.82 Å². The van der Waals surface area contributed by atoms with E-state index in [1.165, 1.54) is 0 Å². The molecular weight excluding hydrogens is 382 g/mol. The highest BCUT2D eigenvalue weighted by Crippen LogP contribution is 2.16. The zero-order valence-corrected chi connectivity index (χ0v) is 18.2. The Morgan fingerprint density at radius 3 is 2.67 bits per heavy atom. The highest BCUT2D eigenvalue weighted by atomic mass is 16.5. The Labute approximate surface area is 176 Å². The van der Waals surface area contributed by atoms with Crippen LogP contribution < -0.4 is 10.9 Å². The van der Waals surface area contributed by atoms with Gasteiger partial charge in [0, 0.05) is 32.5 Å². The zero-order chi connectivity index (χ0) is 21.7. The number of para-hydroxylation sites is 1. The molecule has 0 atom stereocenters. The number of carbonyl (C=O) groups is 1. The molecule has 0 bridgehead atoms. The molecule has 8 heteroatoms. The number of ether oxygens (including phenoxy) is 1. The highest BCUT2D eigenvalue weighted by Gasteiger charge is 2.17. The van der Waals surface area contributed by atoms with Gasteiger partial charge in [-0.3, -0.25) is 18.6 Å². The summed E-state index contributed by atoms with van der Waals surface area (Å²) in [5, 5.41) is 12.1. The number of aryl methyl sites for hydroxylation is 1. The highest BCUT2D eigenvalue weighted by molar-refractivity contribution is 5.80. The molecule has 0 saturated carbocycles. The lowest BCUT2D eigenvalue weighted by molar-refractivity contribution is -0.121. The van der Waals surface area contributed by atoms with Crippen molar-refractivity contribution < 1.29 is 9.53 Å². The quantitative estimate of drug-likeness (QED) is 0.516. The molecule has 0 spiro atoms. The average Bonchev–Trinajstić information content (AvgIpc) is 3.13. The van der Waals surface area contributed by atoms with Crippen LogP contribution in [0.1, 0.15) is 46.4 Å². The smallest absolute Gasteiger partial charge is 0.262 e. The summed E-state index contributed by atoms with van der Waals surface area (Å²) in [6.45, 7) is 9.88. The summed E-state index contributed by atoms with van der Waals surface area (Å²) in [5.74, 6) is 1.46. The van der Waals surface area contributed by atoms with Gasteiger partial charge in [-0.25, -0.2) is 0 Å². The van der Waals surface area contributed by atoms with Crippen molar-refractivity contribution in [2.45, 2.75) is 59.6 Å². The lowest BCUT2D eigenvalue weighted by Gasteiger charge is -2.13. The van der Waals surface area contributed by atoms with Crippen LogP contribution in [0.4, 0.5) is 0 Å². The van der Waals surface area contributed by atoms with Gasteiger partial charge in [0.25, 0.3) is 5.56 Å². The summed E-state index contributed by atoms with van der Waals surface area (Å²) in [6.07, 6.45) is 1.73. The largest absolute Gasteiger partial charge is 0.379 e. The summed E-state index contributed by atoms with van der Waals surface area (Å²) >= 11 is 0. The van der Waals surface area contributed by atoms with Crippen molar-refractivity contribution in [3.05, 3.63) is 40.4 Å². The Morgan fingerprint density at radius 1 is 1.17 bits per heavy atom. The van der Waals surface area contributed by atoms with Crippen LogP contribution in [0.2, 0.25) is 0 Å². The van der Waals surface area contributed by atoms with Crippen LogP contribution in [-0.2, 0) is 22.5 Å². The minimum Gasteiger partial charge on any atom is -0.379 e. The van der Waals surface area contributed by atoms with Gasteiger partial charge in [-0.05, 0) is 38.3 Å². The first kappa shape index (κ1) is 22.0. The van der Waals surface area contributed by atoms with Crippen molar-refractivity contribution in [2.24, 2.45) is 5.92 Å². The van der Waals surface area contributed by atoms with Crippen LogP contribution >= 0.6 is 0 Å². The molecule has 0 unspecified atom stereocenters. The first-order valence-electron chi connectivity index (χ1n) is 10.6.